The van der Waals surface area contributed by atoms with E-state index >= 15 is 0 Å². The Morgan fingerprint density at radius 1 is 0.750 bits per heavy atom. The van der Waals surface area contributed by atoms with Crippen molar-refractivity contribution >= 4 is 11.0 Å². The molecule has 0 aliphatic carbocycles. The van der Waals surface area contributed by atoms with E-state index in [1.54, 1.807) is 18.2 Å². The molecule has 0 unspecified atom stereocenters. The fourth-order valence-corrected chi connectivity index (χ4v) is 5.17. The molecule has 3 heterocycles. The topological polar surface area (TPSA) is 227 Å². The third kappa shape index (κ3) is 5.99. The molecule has 240 valence electrons. The first-order valence-electron chi connectivity index (χ1n) is 13.6. The Kier molecular flexibility index (Phi) is 9.71. The Morgan fingerprint density at radius 3 is 2.11 bits per heavy atom. The Bertz CT molecular complexity index is 1490. The van der Waals surface area contributed by atoms with E-state index in [1.807, 2.05) is 0 Å². The molecule has 44 heavy (non-hydrogen) atoms. The van der Waals surface area contributed by atoms with E-state index in [1.165, 1.54) is 38.7 Å². The molecule has 3 aromatic rings. The maximum atomic E-state index is 13.3. The largest absolute Gasteiger partial charge is 0.493 e. The third-order valence-electron chi connectivity index (χ3n) is 7.65. The van der Waals surface area contributed by atoms with Gasteiger partial charge in [-0.1, -0.05) is 6.07 Å². The minimum atomic E-state index is -1.81. The van der Waals surface area contributed by atoms with Gasteiger partial charge in [0.2, 0.25) is 6.29 Å². The predicted octanol–water partition coefficient (Wildman–Crippen LogP) is -1.52. The number of hydrogen-bond donors (Lipinski definition) is 7. The Labute approximate surface area is 249 Å². The highest BCUT2D eigenvalue weighted by Gasteiger charge is 2.51. The quantitative estimate of drug-likeness (QED) is 0.144. The summed E-state index contributed by atoms with van der Waals surface area (Å²) >= 11 is 0. The predicted molar refractivity (Wildman–Crippen MR) is 148 cm³/mol. The minimum absolute atomic E-state index is 0.0863. The molecule has 0 radical (unpaired) electrons. The van der Waals surface area contributed by atoms with Crippen LogP contribution >= 0.6 is 0 Å². The van der Waals surface area contributed by atoms with Crippen molar-refractivity contribution in [2.24, 2.45) is 0 Å². The summed E-state index contributed by atoms with van der Waals surface area (Å²) in [5.41, 5.74) is 0.618. The van der Waals surface area contributed by atoms with Gasteiger partial charge in [0.1, 0.15) is 66.4 Å². The molecular formula is C29H34O15. The number of methoxy groups -OCH3 is 2. The van der Waals surface area contributed by atoms with Crippen molar-refractivity contribution in [1.82, 2.24) is 0 Å². The number of aliphatic hydroxyl groups excluding tert-OH is 7. The number of hydrogen-bond acceptors (Lipinski definition) is 15. The molecule has 2 aromatic carbocycles. The normalized spacial score (nSPS) is 32.4. The van der Waals surface area contributed by atoms with Gasteiger partial charge in [-0.25, -0.2) is 0 Å². The Balaban J connectivity index is 1.37. The van der Waals surface area contributed by atoms with Gasteiger partial charge in [0.05, 0.1) is 38.4 Å². The average Bonchev–Trinajstić information content (AvgIpc) is 3.04. The number of ether oxygens (including phenoxy) is 6. The zero-order chi connectivity index (χ0) is 31.7. The zero-order valence-electron chi connectivity index (χ0n) is 23.6. The third-order valence-corrected chi connectivity index (χ3v) is 7.65. The first-order valence-corrected chi connectivity index (χ1v) is 13.6. The Hall–Kier alpha value is -3.35. The molecular weight excluding hydrogens is 588 g/mol. The molecule has 0 saturated carbocycles. The lowest BCUT2D eigenvalue weighted by molar-refractivity contribution is -0.352. The molecule has 2 fully saturated rings. The standard InChI is InChI=1S/C29H34O15/c1-38-16-6-3-12(7-18(16)39-2)15-11-40-17-8-13(4-5-14(17)21(15)32)41-29-26(37)27(23(34)20(10-31)43-29)44-28-25(36)24(35)22(33)19(9-30)42-28/h3-8,11,19-20,22-31,33-37H,9-10H2,1-2H3/t19-,20-,22-,23-,24+,25-,26-,27+,28+,29-/m1/s1. The van der Waals surface area contributed by atoms with Gasteiger partial charge in [0.15, 0.2) is 23.2 Å². The summed E-state index contributed by atoms with van der Waals surface area (Å²) in [6, 6.07) is 9.27. The maximum absolute atomic E-state index is 13.3. The van der Waals surface area contributed by atoms with E-state index < -0.39 is 74.6 Å². The van der Waals surface area contributed by atoms with Crippen LogP contribution in [0, 0.1) is 0 Å². The van der Waals surface area contributed by atoms with Crippen LogP contribution in [0.15, 0.2) is 51.9 Å². The van der Waals surface area contributed by atoms with Gasteiger partial charge >= 0.3 is 0 Å². The molecule has 1 aromatic heterocycles. The van der Waals surface area contributed by atoms with E-state index in [2.05, 4.69) is 0 Å². The fraction of sp³-hybridized carbons (Fsp3) is 0.483. The first-order chi connectivity index (χ1) is 21.1. The molecule has 7 N–H and O–H groups in total. The average molecular weight is 623 g/mol. The van der Waals surface area contributed by atoms with Gasteiger partial charge in [-0.15, -0.1) is 0 Å². The molecule has 10 atom stereocenters. The van der Waals surface area contributed by atoms with Crippen LogP contribution in [0.2, 0.25) is 0 Å². The molecule has 0 amide bonds. The fourth-order valence-electron chi connectivity index (χ4n) is 5.17. The van der Waals surface area contributed by atoms with Crippen LogP contribution in [0.1, 0.15) is 0 Å². The van der Waals surface area contributed by atoms with Crippen molar-refractivity contribution in [3.63, 3.8) is 0 Å². The van der Waals surface area contributed by atoms with Gasteiger partial charge in [-0.2, -0.15) is 0 Å². The van der Waals surface area contributed by atoms with Crippen molar-refractivity contribution in [1.29, 1.82) is 0 Å². The lowest BCUT2D eigenvalue weighted by Crippen LogP contribution is -2.65. The van der Waals surface area contributed by atoms with Crippen molar-refractivity contribution in [3.8, 4) is 28.4 Å². The maximum Gasteiger partial charge on any atom is 0.229 e. The number of fused-ring (bicyclic) bond motifs is 1. The second kappa shape index (κ2) is 13.3. The van der Waals surface area contributed by atoms with Crippen LogP contribution in [0.25, 0.3) is 22.1 Å². The highest BCUT2D eigenvalue weighted by atomic mass is 16.7. The molecule has 2 aliphatic rings. The van der Waals surface area contributed by atoms with E-state index in [0.717, 1.165) is 0 Å². The summed E-state index contributed by atoms with van der Waals surface area (Å²) in [6.45, 7) is -1.43. The first kappa shape index (κ1) is 32.1. The molecule has 15 nitrogen and oxygen atoms in total. The molecule has 15 heteroatoms. The van der Waals surface area contributed by atoms with Gasteiger partial charge < -0.3 is 68.6 Å². The monoisotopic (exact) mass is 622 g/mol. The van der Waals surface area contributed by atoms with Crippen molar-refractivity contribution in [2.75, 3.05) is 27.4 Å². The van der Waals surface area contributed by atoms with Crippen molar-refractivity contribution in [3.05, 3.63) is 52.9 Å². The lowest BCUT2D eigenvalue weighted by atomic mass is 9.97. The molecule has 5 rings (SSSR count). The summed E-state index contributed by atoms with van der Waals surface area (Å²) < 4.78 is 38.5. The number of rotatable bonds is 9. The second-order valence-electron chi connectivity index (χ2n) is 10.3. The lowest BCUT2D eigenvalue weighted by Gasteiger charge is -2.45. The number of benzene rings is 2. The van der Waals surface area contributed by atoms with Crippen LogP contribution in [0.4, 0.5) is 0 Å². The molecule has 0 bridgehead atoms. The summed E-state index contributed by atoms with van der Waals surface area (Å²) in [7, 11) is 2.98. The summed E-state index contributed by atoms with van der Waals surface area (Å²) in [5, 5.41) is 71.6. The minimum Gasteiger partial charge on any atom is -0.493 e. The van der Waals surface area contributed by atoms with Gasteiger partial charge in [-0.05, 0) is 29.8 Å². The van der Waals surface area contributed by atoms with Crippen LogP contribution in [-0.4, -0.2) is 125 Å². The zero-order valence-corrected chi connectivity index (χ0v) is 23.6. The van der Waals surface area contributed by atoms with Crippen LogP contribution in [-0.2, 0) is 14.2 Å². The highest BCUT2D eigenvalue weighted by Crippen LogP contribution is 2.33. The van der Waals surface area contributed by atoms with E-state index in [-0.39, 0.29) is 27.7 Å². The van der Waals surface area contributed by atoms with E-state index in [9.17, 15) is 40.5 Å². The van der Waals surface area contributed by atoms with Crippen molar-refractivity contribution in [2.45, 2.75) is 61.4 Å². The number of aliphatic hydroxyl groups is 7. The van der Waals surface area contributed by atoms with Crippen LogP contribution in [0.5, 0.6) is 17.2 Å². The molecule has 2 saturated heterocycles. The molecule has 2 aliphatic heterocycles. The van der Waals surface area contributed by atoms with Crippen LogP contribution < -0.4 is 19.6 Å². The van der Waals surface area contributed by atoms with Crippen LogP contribution in [0.3, 0.4) is 0 Å². The summed E-state index contributed by atoms with van der Waals surface area (Å²) in [5.74, 6) is 1.01. The SMILES string of the molecule is COc1ccc(-c2coc3cc(O[C@@H]4O[C@H](CO)[C@@H](O)[C@H](O[C@@H]5O[C@H](CO)[C@@H](O)[C@H](O)[C@H]5O)[C@H]4O)ccc3c2=O)cc1OC. The van der Waals surface area contributed by atoms with Gasteiger partial charge in [0, 0.05) is 6.07 Å². The summed E-state index contributed by atoms with van der Waals surface area (Å²) in [4.78, 5) is 13.3. The Morgan fingerprint density at radius 2 is 1.43 bits per heavy atom. The molecule has 0 spiro atoms. The van der Waals surface area contributed by atoms with Crippen molar-refractivity contribution < 1.29 is 68.6 Å². The summed E-state index contributed by atoms with van der Waals surface area (Å²) in [6.07, 6.45) is -14.8. The van der Waals surface area contributed by atoms with E-state index in [0.29, 0.717) is 17.1 Å². The highest BCUT2D eigenvalue weighted by molar-refractivity contribution is 5.83. The van der Waals surface area contributed by atoms with Gasteiger partial charge in [-0.3, -0.25) is 4.79 Å². The second-order valence-corrected chi connectivity index (χ2v) is 10.3. The van der Waals surface area contributed by atoms with Gasteiger partial charge in [0.25, 0.3) is 0 Å². The van der Waals surface area contributed by atoms with E-state index in [4.69, 9.17) is 32.8 Å². The smallest absolute Gasteiger partial charge is 0.229 e.